The van der Waals surface area contributed by atoms with Crippen molar-refractivity contribution in [2.24, 2.45) is 0 Å². The van der Waals surface area contributed by atoms with Gasteiger partial charge in [0.2, 0.25) is 5.95 Å². The van der Waals surface area contributed by atoms with Gasteiger partial charge < -0.3 is 29.7 Å². The van der Waals surface area contributed by atoms with Crippen LogP contribution in [0.25, 0.3) is 10.9 Å². The summed E-state index contributed by atoms with van der Waals surface area (Å²) in [7, 11) is 4.99. The Balaban J connectivity index is 1.66. The Kier molecular flexibility index (Phi) is 8.60. The number of ether oxygens (including phenoxy) is 3. The summed E-state index contributed by atoms with van der Waals surface area (Å²) >= 11 is 6.05. The molecule has 0 saturated carbocycles. The van der Waals surface area contributed by atoms with Gasteiger partial charge in [0.1, 0.15) is 29.4 Å². The Morgan fingerprint density at radius 3 is 2.46 bits per heavy atom. The van der Waals surface area contributed by atoms with Gasteiger partial charge in [0.25, 0.3) is 5.91 Å². The van der Waals surface area contributed by atoms with E-state index in [0.29, 0.717) is 52.7 Å². The van der Waals surface area contributed by atoms with E-state index in [1.807, 2.05) is 42.5 Å². The second kappa shape index (κ2) is 12.2. The number of aromatic nitrogens is 2. The van der Waals surface area contributed by atoms with Crippen LogP contribution in [0.3, 0.4) is 0 Å². The first-order chi connectivity index (χ1) is 17.9. The van der Waals surface area contributed by atoms with Crippen LogP contribution >= 0.6 is 11.6 Å². The molecule has 0 aliphatic carbocycles. The first-order valence-electron chi connectivity index (χ1n) is 11.6. The molecule has 0 unspecified atom stereocenters. The number of carbonyl (C=O) groups is 1. The second-order valence-corrected chi connectivity index (χ2v) is 8.69. The number of para-hydroxylation sites is 1. The number of carbonyl (C=O) groups excluding carboxylic acids is 1. The number of fused-ring (bicyclic) bond motifs is 1. The van der Waals surface area contributed by atoms with Crippen molar-refractivity contribution in [1.29, 1.82) is 0 Å². The minimum atomic E-state index is -0.129. The van der Waals surface area contributed by atoms with E-state index in [-0.39, 0.29) is 12.5 Å². The number of halogens is 1. The lowest BCUT2D eigenvalue weighted by Gasteiger charge is -2.15. The zero-order valence-corrected chi connectivity index (χ0v) is 21.6. The average Bonchev–Trinajstić information content (AvgIpc) is 2.89. The Morgan fingerprint density at radius 1 is 0.919 bits per heavy atom. The van der Waals surface area contributed by atoms with Crippen LogP contribution in [-0.4, -0.2) is 61.8 Å². The standard InChI is InChI=1S/C27H28ClN5O4/c1-33(2)24(34)17-37-21-7-4-6-20(16-21)30-27-31-25-22(8-5-9-23(25)36-15-14-35-3)26(32-27)29-19-12-10-18(28)11-13-19/h4-13,16H,14-15,17H2,1-3H3,(H2,29,30,31,32). The molecule has 0 aliphatic heterocycles. The molecule has 1 aromatic heterocycles. The highest BCUT2D eigenvalue weighted by Gasteiger charge is 2.14. The fourth-order valence-electron chi connectivity index (χ4n) is 3.37. The summed E-state index contributed by atoms with van der Waals surface area (Å²) in [6, 6.07) is 20.3. The minimum Gasteiger partial charge on any atom is -0.489 e. The maximum absolute atomic E-state index is 11.9. The van der Waals surface area contributed by atoms with Gasteiger partial charge in [-0.15, -0.1) is 0 Å². The number of methoxy groups -OCH3 is 1. The van der Waals surface area contributed by atoms with Gasteiger partial charge in [-0.3, -0.25) is 4.79 Å². The van der Waals surface area contributed by atoms with Gasteiger partial charge in [0, 0.05) is 49.1 Å². The Labute approximate surface area is 220 Å². The molecule has 0 spiro atoms. The molecule has 2 N–H and O–H groups in total. The number of benzene rings is 3. The Hall–Kier alpha value is -4.08. The van der Waals surface area contributed by atoms with Crippen molar-refractivity contribution in [2.45, 2.75) is 0 Å². The molecule has 4 rings (SSSR count). The number of likely N-dealkylation sites (N-methyl/N-ethyl adjacent to an activating group) is 1. The highest BCUT2D eigenvalue weighted by atomic mass is 35.5. The van der Waals surface area contributed by atoms with Crippen LogP contribution in [0.5, 0.6) is 11.5 Å². The van der Waals surface area contributed by atoms with E-state index >= 15 is 0 Å². The van der Waals surface area contributed by atoms with E-state index in [1.54, 1.807) is 45.5 Å². The number of rotatable bonds is 11. The van der Waals surface area contributed by atoms with Gasteiger partial charge in [-0.25, -0.2) is 4.98 Å². The molecule has 0 radical (unpaired) electrons. The summed E-state index contributed by atoms with van der Waals surface area (Å²) in [6.45, 7) is 0.777. The number of hydrogen-bond acceptors (Lipinski definition) is 8. The molecule has 0 aliphatic rings. The molecule has 0 bridgehead atoms. The van der Waals surface area contributed by atoms with Crippen molar-refractivity contribution in [2.75, 3.05) is 51.7 Å². The summed E-state index contributed by atoms with van der Waals surface area (Å²) in [4.78, 5) is 22.8. The van der Waals surface area contributed by atoms with Crippen molar-refractivity contribution >= 4 is 51.6 Å². The fraction of sp³-hybridized carbons (Fsp3) is 0.222. The van der Waals surface area contributed by atoms with E-state index < -0.39 is 0 Å². The molecule has 0 atom stereocenters. The fourth-order valence-corrected chi connectivity index (χ4v) is 3.49. The molecule has 0 fully saturated rings. The smallest absolute Gasteiger partial charge is 0.259 e. The topological polar surface area (TPSA) is 97.8 Å². The maximum Gasteiger partial charge on any atom is 0.259 e. The third-order valence-corrected chi connectivity index (χ3v) is 5.54. The van der Waals surface area contributed by atoms with Crippen LogP contribution in [0, 0.1) is 0 Å². The Bertz CT molecular complexity index is 1370. The zero-order valence-electron chi connectivity index (χ0n) is 20.8. The molecule has 10 heteroatoms. The van der Waals surface area contributed by atoms with Gasteiger partial charge in [-0.05, 0) is 48.5 Å². The average molecular weight is 522 g/mol. The molecule has 4 aromatic rings. The normalized spacial score (nSPS) is 10.7. The number of nitrogens with one attached hydrogen (secondary N) is 2. The summed E-state index contributed by atoms with van der Waals surface area (Å²) in [5, 5.41) is 8.02. The van der Waals surface area contributed by atoms with E-state index in [1.165, 1.54) is 4.90 Å². The third kappa shape index (κ3) is 6.99. The molecule has 37 heavy (non-hydrogen) atoms. The van der Waals surface area contributed by atoms with Gasteiger partial charge in [-0.1, -0.05) is 23.7 Å². The van der Waals surface area contributed by atoms with Gasteiger partial charge >= 0.3 is 0 Å². The van der Waals surface area contributed by atoms with Crippen LogP contribution in [0.2, 0.25) is 5.02 Å². The van der Waals surface area contributed by atoms with Crippen LogP contribution in [0.1, 0.15) is 0 Å². The van der Waals surface area contributed by atoms with Gasteiger partial charge in [0.05, 0.1) is 6.61 Å². The van der Waals surface area contributed by atoms with Gasteiger partial charge in [-0.2, -0.15) is 4.98 Å². The zero-order chi connectivity index (χ0) is 26.2. The minimum absolute atomic E-state index is 0.0553. The number of anilines is 4. The molecule has 3 aromatic carbocycles. The molecule has 1 heterocycles. The van der Waals surface area contributed by atoms with E-state index in [2.05, 4.69) is 10.6 Å². The van der Waals surface area contributed by atoms with Crippen molar-refractivity contribution in [1.82, 2.24) is 14.9 Å². The Morgan fingerprint density at radius 2 is 1.70 bits per heavy atom. The maximum atomic E-state index is 11.9. The number of nitrogens with zero attached hydrogens (tertiary/aromatic N) is 3. The first kappa shape index (κ1) is 26.0. The lowest BCUT2D eigenvalue weighted by molar-refractivity contribution is -0.130. The van der Waals surface area contributed by atoms with Gasteiger partial charge in [0.15, 0.2) is 6.61 Å². The lowest BCUT2D eigenvalue weighted by Crippen LogP contribution is -2.27. The van der Waals surface area contributed by atoms with E-state index in [4.69, 9.17) is 35.8 Å². The van der Waals surface area contributed by atoms with Crippen LogP contribution in [0.15, 0.2) is 66.7 Å². The molecule has 9 nitrogen and oxygen atoms in total. The molecule has 0 saturated heterocycles. The quantitative estimate of drug-likeness (QED) is 0.258. The SMILES string of the molecule is COCCOc1cccc2c(Nc3ccc(Cl)cc3)nc(Nc3cccc(OCC(=O)N(C)C)c3)nc12. The molecular weight excluding hydrogens is 494 g/mol. The third-order valence-electron chi connectivity index (χ3n) is 5.29. The van der Waals surface area contributed by atoms with E-state index in [0.717, 1.165) is 11.1 Å². The number of hydrogen-bond donors (Lipinski definition) is 2. The number of amides is 1. The first-order valence-corrected chi connectivity index (χ1v) is 12.0. The molecule has 192 valence electrons. The molecular formula is C27H28ClN5O4. The van der Waals surface area contributed by atoms with Crippen LogP contribution < -0.4 is 20.1 Å². The van der Waals surface area contributed by atoms with Crippen molar-refractivity contribution in [3.05, 3.63) is 71.8 Å². The summed E-state index contributed by atoms with van der Waals surface area (Å²) in [6.07, 6.45) is 0. The highest BCUT2D eigenvalue weighted by Crippen LogP contribution is 2.32. The lowest BCUT2D eigenvalue weighted by atomic mass is 10.2. The second-order valence-electron chi connectivity index (χ2n) is 8.25. The van der Waals surface area contributed by atoms with Crippen LogP contribution in [-0.2, 0) is 9.53 Å². The highest BCUT2D eigenvalue weighted by molar-refractivity contribution is 6.30. The summed E-state index contributed by atoms with van der Waals surface area (Å²) < 4.78 is 16.7. The summed E-state index contributed by atoms with van der Waals surface area (Å²) in [5.74, 6) is 1.97. The predicted molar refractivity (Wildman–Crippen MR) is 146 cm³/mol. The van der Waals surface area contributed by atoms with E-state index in [9.17, 15) is 4.79 Å². The monoisotopic (exact) mass is 521 g/mol. The summed E-state index contributed by atoms with van der Waals surface area (Å²) in [5.41, 5.74) is 2.16. The molecule has 1 amide bonds. The predicted octanol–water partition coefficient (Wildman–Crippen LogP) is 5.26. The van der Waals surface area contributed by atoms with Crippen LogP contribution in [0.4, 0.5) is 23.1 Å². The van der Waals surface area contributed by atoms with Crippen molar-refractivity contribution < 1.29 is 19.0 Å². The van der Waals surface area contributed by atoms with Crippen molar-refractivity contribution in [3.8, 4) is 11.5 Å². The van der Waals surface area contributed by atoms with Crippen molar-refractivity contribution in [3.63, 3.8) is 0 Å². The largest absolute Gasteiger partial charge is 0.489 e.